The van der Waals surface area contributed by atoms with Gasteiger partial charge < -0.3 is 10.2 Å². The van der Waals surface area contributed by atoms with Gasteiger partial charge in [0.15, 0.2) is 0 Å². The zero-order chi connectivity index (χ0) is 14.8. The van der Waals surface area contributed by atoms with Gasteiger partial charge in [-0.2, -0.15) is 0 Å². The van der Waals surface area contributed by atoms with E-state index in [1.54, 1.807) is 6.07 Å². The second-order valence-electron chi connectivity index (χ2n) is 6.41. The summed E-state index contributed by atoms with van der Waals surface area (Å²) in [4.78, 5) is 14.4. The van der Waals surface area contributed by atoms with Crippen LogP contribution in [0.3, 0.4) is 0 Å². The Morgan fingerprint density at radius 3 is 2.45 bits per heavy atom. The first-order chi connectivity index (χ1) is 9.38. The second kappa shape index (κ2) is 5.81. The highest BCUT2D eigenvalue weighted by atomic mass is 19.1. The summed E-state index contributed by atoms with van der Waals surface area (Å²) in [5.41, 5.74) is 1.00. The molecule has 3 nitrogen and oxygen atoms in total. The van der Waals surface area contributed by atoms with Gasteiger partial charge in [-0.25, -0.2) is 4.39 Å². The molecule has 0 aliphatic carbocycles. The molecular weight excluding hydrogens is 255 g/mol. The molecule has 4 heteroatoms. The summed E-state index contributed by atoms with van der Waals surface area (Å²) in [6.07, 6.45) is 3.52. The SMILES string of the molecule is CC(C)(C)C(=O)Nc1cc(F)ccc1N1CCCCC1. The minimum atomic E-state index is -0.495. The first kappa shape index (κ1) is 14.8. The summed E-state index contributed by atoms with van der Waals surface area (Å²) in [7, 11) is 0. The number of carbonyl (C=O) groups is 1. The van der Waals surface area contributed by atoms with Gasteiger partial charge in [-0.05, 0) is 37.5 Å². The van der Waals surface area contributed by atoms with Crippen molar-refractivity contribution in [2.24, 2.45) is 5.41 Å². The van der Waals surface area contributed by atoms with Gasteiger partial charge in [-0.15, -0.1) is 0 Å². The van der Waals surface area contributed by atoms with Crippen LogP contribution in [0.15, 0.2) is 18.2 Å². The number of hydrogen-bond donors (Lipinski definition) is 1. The van der Waals surface area contributed by atoms with Crippen molar-refractivity contribution < 1.29 is 9.18 Å². The van der Waals surface area contributed by atoms with E-state index >= 15 is 0 Å². The lowest BCUT2D eigenvalue weighted by Crippen LogP contribution is -2.32. The Kier molecular flexibility index (Phi) is 4.31. The minimum Gasteiger partial charge on any atom is -0.370 e. The fourth-order valence-corrected chi connectivity index (χ4v) is 2.33. The van der Waals surface area contributed by atoms with Crippen LogP contribution in [0.2, 0.25) is 0 Å². The average Bonchev–Trinajstić information content (AvgIpc) is 2.39. The molecule has 1 aliphatic rings. The van der Waals surface area contributed by atoms with Gasteiger partial charge in [-0.1, -0.05) is 20.8 Å². The number of piperidine rings is 1. The highest BCUT2D eigenvalue weighted by Crippen LogP contribution is 2.30. The van der Waals surface area contributed by atoms with Crippen molar-refractivity contribution in [2.75, 3.05) is 23.3 Å². The topological polar surface area (TPSA) is 32.3 Å². The molecule has 0 radical (unpaired) electrons. The van der Waals surface area contributed by atoms with Crippen LogP contribution in [-0.2, 0) is 4.79 Å². The molecule has 1 heterocycles. The summed E-state index contributed by atoms with van der Waals surface area (Å²) in [6.45, 7) is 7.47. The molecule has 0 atom stereocenters. The van der Waals surface area contributed by atoms with Gasteiger partial charge in [0.1, 0.15) is 5.82 Å². The van der Waals surface area contributed by atoms with Crippen molar-refractivity contribution >= 4 is 17.3 Å². The third kappa shape index (κ3) is 3.50. The van der Waals surface area contributed by atoms with Gasteiger partial charge in [0.2, 0.25) is 5.91 Å². The molecule has 1 amide bonds. The summed E-state index contributed by atoms with van der Waals surface area (Å²) < 4.78 is 13.5. The number of halogens is 1. The molecule has 0 bridgehead atoms. The molecule has 1 N–H and O–H groups in total. The van der Waals surface area contributed by atoms with Crippen LogP contribution in [0.25, 0.3) is 0 Å². The number of anilines is 2. The number of hydrogen-bond acceptors (Lipinski definition) is 2. The van der Waals surface area contributed by atoms with Crippen molar-refractivity contribution in [3.05, 3.63) is 24.0 Å². The second-order valence-corrected chi connectivity index (χ2v) is 6.41. The van der Waals surface area contributed by atoms with Gasteiger partial charge in [0.25, 0.3) is 0 Å². The zero-order valence-electron chi connectivity index (χ0n) is 12.5. The molecule has 1 fully saturated rings. The fourth-order valence-electron chi connectivity index (χ4n) is 2.33. The Morgan fingerprint density at radius 1 is 1.20 bits per heavy atom. The van der Waals surface area contributed by atoms with E-state index in [4.69, 9.17) is 0 Å². The highest BCUT2D eigenvalue weighted by molar-refractivity contribution is 5.97. The molecule has 20 heavy (non-hydrogen) atoms. The van der Waals surface area contributed by atoms with E-state index in [9.17, 15) is 9.18 Å². The smallest absolute Gasteiger partial charge is 0.229 e. The van der Waals surface area contributed by atoms with Crippen LogP contribution in [0.5, 0.6) is 0 Å². The van der Waals surface area contributed by atoms with Gasteiger partial charge >= 0.3 is 0 Å². The summed E-state index contributed by atoms with van der Waals surface area (Å²) in [6, 6.07) is 4.63. The Labute approximate surface area is 120 Å². The van der Waals surface area contributed by atoms with Crippen LogP contribution < -0.4 is 10.2 Å². The van der Waals surface area contributed by atoms with E-state index in [0.717, 1.165) is 31.6 Å². The monoisotopic (exact) mass is 278 g/mol. The largest absolute Gasteiger partial charge is 0.370 e. The Morgan fingerprint density at radius 2 is 1.85 bits per heavy atom. The first-order valence-corrected chi connectivity index (χ1v) is 7.24. The zero-order valence-corrected chi connectivity index (χ0v) is 12.5. The predicted octanol–water partition coefficient (Wildman–Crippen LogP) is 3.80. The number of benzene rings is 1. The van der Waals surface area contributed by atoms with E-state index in [1.807, 2.05) is 20.8 Å². The molecule has 0 saturated carbocycles. The van der Waals surface area contributed by atoms with Gasteiger partial charge in [-0.3, -0.25) is 4.79 Å². The lowest BCUT2D eigenvalue weighted by molar-refractivity contribution is -0.123. The number of nitrogens with one attached hydrogen (secondary N) is 1. The van der Waals surface area contributed by atoms with Crippen molar-refractivity contribution in [3.63, 3.8) is 0 Å². The Balaban J connectivity index is 2.26. The number of carbonyl (C=O) groups excluding carboxylic acids is 1. The van der Waals surface area contributed by atoms with Gasteiger partial charge in [0, 0.05) is 18.5 Å². The third-order valence-electron chi connectivity index (χ3n) is 3.58. The number of rotatable bonds is 2. The standard InChI is InChI=1S/C16H23FN2O/c1-16(2,3)15(20)18-13-11-12(17)7-8-14(13)19-9-5-4-6-10-19/h7-8,11H,4-6,9-10H2,1-3H3,(H,18,20). The van der Waals surface area contributed by atoms with Gasteiger partial charge in [0.05, 0.1) is 11.4 Å². The average molecular weight is 278 g/mol. The van der Waals surface area contributed by atoms with Crippen LogP contribution in [-0.4, -0.2) is 19.0 Å². The fraction of sp³-hybridized carbons (Fsp3) is 0.562. The maximum atomic E-state index is 13.5. The normalized spacial score (nSPS) is 16.1. The molecule has 110 valence electrons. The quantitative estimate of drug-likeness (QED) is 0.892. The van der Waals surface area contributed by atoms with E-state index in [0.29, 0.717) is 5.69 Å². The molecule has 2 rings (SSSR count). The molecule has 0 aromatic heterocycles. The molecule has 1 saturated heterocycles. The molecule has 1 aromatic carbocycles. The first-order valence-electron chi connectivity index (χ1n) is 7.24. The number of nitrogens with zero attached hydrogens (tertiary/aromatic N) is 1. The molecule has 0 spiro atoms. The maximum absolute atomic E-state index is 13.5. The molecule has 1 aliphatic heterocycles. The number of amides is 1. The highest BCUT2D eigenvalue weighted by Gasteiger charge is 2.23. The van der Waals surface area contributed by atoms with Crippen molar-refractivity contribution in [1.29, 1.82) is 0 Å². The Hall–Kier alpha value is -1.58. The van der Waals surface area contributed by atoms with Crippen LogP contribution >= 0.6 is 0 Å². The van der Waals surface area contributed by atoms with E-state index in [-0.39, 0.29) is 11.7 Å². The molecule has 1 aromatic rings. The third-order valence-corrected chi connectivity index (χ3v) is 3.58. The Bertz CT molecular complexity index is 488. The van der Waals surface area contributed by atoms with Crippen molar-refractivity contribution in [1.82, 2.24) is 0 Å². The lowest BCUT2D eigenvalue weighted by Gasteiger charge is -2.31. The minimum absolute atomic E-state index is 0.0960. The van der Waals surface area contributed by atoms with Crippen molar-refractivity contribution in [3.8, 4) is 0 Å². The lowest BCUT2D eigenvalue weighted by atomic mass is 9.95. The molecule has 0 unspecified atom stereocenters. The predicted molar refractivity (Wildman–Crippen MR) is 80.5 cm³/mol. The summed E-state index contributed by atoms with van der Waals surface area (Å²) in [5.74, 6) is -0.420. The van der Waals surface area contributed by atoms with E-state index < -0.39 is 5.41 Å². The maximum Gasteiger partial charge on any atom is 0.229 e. The van der Waals surface area contributed by atoms with E-state index in [2.05, 4.69) is 10.2 Å². The van der Waals surface area contributed by atoms with Crippen LogP contribution in [0, 0.1) is 11.2 Å². The summed E-state index contributed by atoms with van der Waals surface area (Å²) in [5, 5.41) is 2.87. The summed E-state index contributed by atoms with van der Waals surface area (Å²) >= 11 is 0. The van der Waals surface area contributed by atoms with Crippen LogP contribution in [0.4, 0.5) is 15.8 Å². The van der Waals surface area contributed by atoms with E-state index in [1.165, 1.54) is 18.6 Å². The molecular formula is C16H23FN2O. The van der Waals surface area contributed by atoms with Crippen LogP contribution in [0.1, 0.15) is 40.0 Å². The van der Waals surface area contributed by atoms with Crippen molar-refractivity contribution in [2.45, 2.75) is 40.0 Å².